The van der Waals surface area contributed by atoms with Crippen molar-refractivity contribution in [1.82, 2.24) is 0 Å². The zero-order chi connectivity index (χ0) is 13.4. The summed E-state index contributed by atoms with van der Waals surface area (Å²) in [6.45, 7) is 16.4. The minimum Gasteiger partial charge on any atom is -0.393 e. The molecule has 0 aliphatic heterocycles. The highest BCUT2D eigenvalue weighted by atomic mass is 16.3. The molecule has 1 aliphatic carbocycles. The van der Waals surface area contributed by atoms with E-state index >= 15 is 0 Å². The number of aliphatic hydroxyl groups excluding tert-OH is 1. The molecule has 1 fully saturated rings. The highest BCUT2D eigenvalue weighted by molar-refractivity contribution is 5.01. The van der Waals surface area contributed by atoms with Gasteiger partial charge in [-0.1, -0.05) is 54.9 Å². The fourth-order valence-corrected chi connectivity index (χ4v) is 3.91. The van der Waals surface area contributed by atoms with Crippen LogP contribution in [0.3, 0.4) is 0 Å². The molecule has 0 bridgehead atoms. The molecule has 0 aromatic carbocycles. The summed E-state index contributed by atoms with van der Waals surface area (Å²) in [7, 11) is 0. The van der Waals surface area contributed by atoms with E-state index in [0.29, 0.717) is 23.2 Å². The average Bonchev–Trinajstić information content (AvgIpc) is 2.23. The molecule has 0 amide bonds. The van der Waals surface area contributed by atoms with Crippen LogP contribution in [0.15, 0.2) is 0 Å². The van der Waals surface area contributed by atoms with Crippen molar-refractivity contribution in [2.45, 2.75) is 73.8 Å². The molecular weight excluding hydrogens is 208 g/mol. The van der Waals surface area contributed by atoms with Crippen molar-refractivity contribution < 1.29 is 5.11 Å². The van der Waals surface area contributed by atoms with Crippen LogP contribution in [0.4, 0.5) is 0 Å². The molecule has 17 heavy (non-hydrogen) atoms. The number of hydrogen-bond donors (Lipinski definition) is 1. The van der Waals surface area contributed by atoms with Gasteiger partial charge in [0.05, 0.1) is 6.10 Å². The molecule has 1 heteroatoms. The number of hydrogen-bond acceptors (Lipinski definition) is 1. The maximum Gasteiger partial charge on any atom is 0.0576 e. The van der Waals surface area contributed by atoms with Gasteiger partial charge in [0.1, 0.15) is 0 Å². The Labute approximate surface area is 108 Å². The van der Waals surface area contributed by atoms with E-state index in [-0.39, 0.29) is 11.5 Å². The van der Waals surface area contributed by atoms with Crippen molar-refractivity contribution in [3.63, 3.8) is 0 Å². The van der Waals surface area contributed by atoms with Crippen molar-refractivity contribution in [1.29, 1.82) is 0 Å². The highest BCUT2D eigenvalue weighted by Crippen LogP contribution is 2.57. The summed E-state index contributed by atoms with van der Waals surface area (Å²) in [5.41, 5.74) is 0.600. The summed E-state index contributed by atoms with van der Waals surface area (Å²) in [6, 6.07) is 0. The van der Waals surface area contributed by atoms with Crippen LogP contribution < -0.4 is 0 Å². The third-order valence-electron chi connectivity index (χ3n) is 6.19. The van der Waals surface area contributed by atoms with Gasteiger partial charge in [-0.2, -0.15) is 0 Å². The quantitative estimate of drug-likeness (QED) is 0.770. The van der Waals surface area contributed by atoms with Gasteiger partial charge in [0.15, 0.2) is 0 Å². The summed E-state index contributed by atoms with van der Waals surface area (Å²) in [5, 5.41) is 10.5. The molecule has 0 saturated heterocycles. The molecule has 0 spiro atoms. The van der Waals surface area contributed by atoms with Gasteiger partial charge in [-0.15, -0.1) is 0 Å². The minimum absolute atomic E-state index is 0.109. The summed E-state index contributed by atoms with van der Waals surface area (Å²) < 4.78 is 0. The maximum atomic E-state index is 10.5. The normalized spacial score (nSPS) is 39.4. The molecule has 1 saturated carbocycles. The zero-order valence-corrected chi connectivity index (χ0v) is 12.9. The first kappa shape index (κ1) is 15.0. The third-order valence-corrected chi connectivity index (χ3v) is 6.19. The molecule has 1 rings (SSSR count). The predicted octanol–water partition coefficient (Wildman–Crippen LogP) is 4.49. The van der Waals surface area contributed by atoms with E-state index in [1.165, 1.54) is 12.8 Å². The van der Waals surface area contributed by atoms with Gasteiger partial charge in [0, 0.05) is 0 Å². The van der Waals surface area contributed by atoms with Crippen LogP contribution in [0.25, 0.3) is 0 Å². The van der Waals surface area contributed by atoms with Gasteiger partial charge in [-0.25, -0.2) is 0 Å². The molecule has 0 heterocycles. The Morgan fingerprint density at radius 2 is 1.71 bits per heavy atom. The van der Waals surface area contributed by atoms with Crippen molar-refractivity contribution in [3.05, 3.63) is 0 Å². The van der Waals surface area contributed by atoms with Gasteiger partial charge in [-0.05, 0) is 41.4 Å². The summed E-state index contributed by atoms with van der Waals surface area (Å²) in [5.74, 6) is 1.67. The van der Waals surface area contributed by atoms with Crippen molar-refractivity contribution >= 4 is 0 Å². The Bertz CT molecular complexity index is 256. The standard InChI is InChI=1S/C16H32O/c1-8-16(7)10-9-13(17)14(15(16,5)6)12(4)11(2)3/h11-14,17H,8-10H2,1-7H3/t12?,13-,14?,16-/m1/s1. The Hall–Kier alpha value is -0.0400. The van der Waals surface area contributed by atoms with Gasteiger partial charge in [-0.3, -0.25) is 0 Å². The largest absolute Gasteiger partial charge is 0.393 e. The highest BCUT2D eigenvalue weighted by Gasteiger charge is 2.52. The Morgan fingerprint density at radius 3 is 2.12 bits per heavy atom. The van der Waals surface area contributed by atoms with E-state index < -0.39 is 0 Å². The van der Waals surface area contributed by atoms with E-state index in [4.69, 9.17) is 0 Å². The lowest BCUT2D eigenvalue weighted by Gasteiger charge is -2.57. The van der Waals surface area contributed by atoms with E-state index in [9.17, 15) is 5.11 Å². The third kappa shape index (κ3) is 2.41. The van der Waals surface area contributed by atoms with Gasteiger partial charge >= 0.3 is 0 Å². The van der Waals surface area contributed by atoms with Gasteiger partial charge in [0.2, 0.25) is 0 Å². The molecule has 0 aromatic heterocycles. The molecular formula is C16H32O. The Kier molecular flexibility index (Phi) is 4.34. The van der Waals surface area contributed by atoms with Crippen molar-refractivity contribution in [3.8, 4) is 0 Å². The predicted molar refractivity (Wildman–Crippen MR) is 74.9 cm³/mol. The minimum atomic E-state index is -0.109. The van der Waals surface area contributed by atoms with Gasteiger partial charge < -0.3 is 5.11 Å². The molecule has 1 aliphatic rings. The lowest BCUT2D eigenvalue weighted by Crippen LogP contribution is -2.53. The fourth-order valence-electron chi connectivity index (χ4n) is 3.91. The molecule has 1 N–H and O–H groups in total. The molecule has 102 valence electrons. The van der Waals surface area contributed by atoms with Crippen LogP contribution >= 0.6 is 0 Å². The molecule has 0 aromatic rings. The summed E-state index contributed by atoms with van der Waals surface area (Å²) in [6.07, 6.45) is 3.25. The zero-order valence-electron chi connectivity index (χ0n) is 12.9. The Morgan fingerprint density at radius 1 is 1.18 bits per heavy atom. The summed E-state index contributed by atoms with van der Waals surface area (Å²) >= 11 is 0. The SMILES string of the molecule is CC[C@]1(C)CC[C@@H](O)C(C(C)C(C)C)C1(C)C. The average molecular weight is 240 g/mol. The molecule has 2 unspecified atom stereocenters. The number of rotatable bonds is 3. The molecule has 0 radical (unpaired) electrons. The lowest BCUT2D eigenvalue weighted by atomic mass is 9.49. The van der Waals surface area contributed by atoms with E-state index in [0.717, 1.165) is 6.42 Å². The second kappa shape index (κ2) is 4.91. The first-order chi connectivity index (χ1) is 7.67. The second-order valence-electron chi connectivity index (χ2n) is 7.37. The maximum absolute atomic E-state index is 10.5. The smallest absolute Gasteiger partial charge is 0.0576 e. The van der Waals surface area contributed by atoms with Crippen LogP contribution in [0.1, 0.15) is 67.7 Å². The molecule has 1 nitrogen and oxygen atoms in total. The Balaban J connectivity index is 3.07. The topological polar surface area (TPSA) is 20.2 Å². The van der Waals surface area contributed by atoms with Crippen molar-refractivity contribution in [2.24, 2.45) is 28.6 Å². The van der Waals surface area contributed by atoms with Crippen LogP contribution in [-0.2, 0) is 0 Å². The second-order valence-corrected chi connectivity index (χ2v) is 7.37. The van der Waals surface area contributed by atoms with E-state index in [1.807, 2.05) is 0 Å². The van der Waals surface area contributed by atoms with Crippen molar-refractivity contribution in [2.75, 3.05) is 0 Å². The fraction of sp³-hybridized carbons (Fsp3) is 1.00. The lowest BCUT2D eigenvalue weighted by molar-refractivity contribution is -0.124. The summed E-state index contributed by atoms with van der Waals surface area (Å²) in [4.78, 5) is 0. The van der Waals surface area contributed by atoms with Crippen LogP contribution in [0, 0.1) is 28.6 Å². The van der Waals surface area contributed by atoms with E-state index in [1.54, 1.807) is 0 Å². The van der Waals surface area contributed by atoms with Crippen LogP contribution in [-0.4, -0.2) is 11.2 Å². The first-order valence-corrected chi connectivity index (χ1v) is 7.35. The monoisotopic (exact) mass is 240 g/mol. The van der Waals surface area contributed by atoms with E-state index in [2.05, 4.69) is 48.5 Å². The van der Waals surface area contributed by atoms with Crippen LogP contribution in [0.2, 0.25) is 0 Å². The first-order valence-electron chi connectivity index (χ1n) is 7.35. The van der Waals surface area contributed by atoms with Crippen LogP contribution in [0.5, 0.6) is 0 Å². The number of aliphatic hydroxyl groups is 1. The molecule has 4 atom stereocenters. The van der Waals surface area contributed by atoms with Gasteiger partial charge in [0.25, 0.3) is 0 Å².